The molecule has 0 bridgehead atoms. The van der Waals surface area contributed by atoms with Crippen molar-refractivity contribution in [1.82, 2.24) is 5.32 Å². The van der Waals surface area contributed by atoms with Gasteiger partial charge < -0.3 is 11.1 Å². The number of rotatable bonds is 6. The second kappa shape index (κ2) is 8.96. The average Bonchev–Trinajstić information content (AvgIpc) is 2.58. The minimum absolute atomic E-state index is 0.0684. The first kappa shape index (κ1) is 17.0. The molecule has 4 nitrogen and oxygen atoms in total. The summed E-state index contributed by atoms with van der Waals surface area (Å²) in [4.78, 5) is 23.9. The van der Waals surface area contributed by atoms with E-state index in [-0.39, 0.29) is 11.8 Å². The molecule has 5 heteroatoms. The lowest BCUT2D eigenvalue weighted by molar-refractivity contribution is -0.364. The quantitative estimate of drug-likeness (QED) is 0.841. The maximum atomic E-state index is 12.2. The molecule has 2 rings (SSSR count). The van der Waals surface area contributed by atoms with Crippen molar-refractivity contribution in [2.45, 2.75) is 37.9 Å². The van der Waals surface area contributed by atoms with Crippen LogP contribution >= 0.6 is 11.8 Å². The van der Waals surface area contributed by atoms with E-state index in [1.807, 2.05) is 24.3 Å². The summed E-state index contributed by atoms with van der Waals surface area (Å²) in [5.74, 6) is 0.878. The van der Waals surface area contributed by atoms with Crippen LogP contribution in [0.4, 0.5) is 0 Å². The number of hydrogen-bond donors (Lipinski definition) is 2. The second-order valence-corrected chi connectivity index (χ2v) is 6.73. The topological polar surface area (TPSA) is 73.8 Å². The Morgan fingerprint density at radius 3 is 2.45 bits per heavy atom. The predicted octanol–water partition coefficient (Wildman–Crippen LogP) is 2.00. The number of thioether (sulfide) groups is 1. The summed E-state index contributed by atoms with van der Waals surface area (Å²) in [6, 6.07) is 7.50. The molecule has 0 aromatic heterocycles. The molecule has 120 valence electrons. The van der Waals surface area contributed by atoms with E-state index in [1.165, 1.54) is 31.0 Å². The largest absolute Gasteiger partial charge is 0.356 e. The Morgan fingerprint density at radius 1 is 1.14 bits per heavy atom. The molecule has 0 unspecified atom stereocenters. The van der Waals surface area contributed by atoms with Crippen molar-refractivity contribution in [3.8, 4) is 0 Å². The molecule has 0 saturated heterocycles. The predicted molar refractivity (Wildman–Crippen MR) is 89.4 cm³/mol. The van der Waals surface area contributed by atoms with Gasteiger partial charge in [-0.25, -0.2) is 0 Å². The summed E-state index contributed by atoms with van der Waals surface area (Å²) in [6.07, 6.45) is 5.75. The SMILES string of the molecule is [NH3+]CCNC(=O)c1ccc(CSC(=O)C2CCCCC2)cc1. The number of carbonyl (C=O) groups excluding carboxylic acids is 2. The van der Waals surface area contributed by atoms with Crippen LogP contribution in [0.3, 0.4) is 0 Å². The fourth-order valence-electron chi connectivity index (χ4n) is 2.67. The van der Waals surface area contributed by atoms with Crippen LogP contribution in [-0.4, -0.2) is 24.1 Å². The van der Waals surface area contributed by atoms with Gasteiger partial charge in [-0.2, -0.15) is 0 Å². The van der Waals surface area contributed by atoms with Crippen molar-refractivity contribution in [1.29, 1.82) is 0 Å². The zero-order valence-corrected chi connectivity index (χ0v) is 13.8. The molecule has 1 amide bonds. The lowest BCUT2D eigenvalue weighted by Crippen LogP contribution is -2.54. The van der Waals surface area contributed by atoms with Gasteiger partial charge in [-0.15, -0.1) is 0 Å². The fourth-order valence-corrected chi connectivity index (χ4v) is 3.64. The van der Waals surface area contributed by atoms with Gasteiger partial charge in [0.2, 0.25) is 0 Å². The van der Waals surface area contributed by atoms with E-state index in [0.717, 1.165) is 18.4 Å². The molecule has 1 aromatic carbocycles. The molecule has 0 radical (unpaired) electrons. The maximum Gasteiger partial charge on any atom is 0.251 e. The van der Waals surface area contributed by atoms with Gasteiger partial charge >= 0.3 is 0 Å². The lowest BCUT2D eigenvalue weighted by Gasteiger charge is -2.19. The third-order valence-electron chi connectivity index (χ3n) is 4.00. The summed E-state index contributed by atoms with van der Waals surface area (Å²) in [7, 11) is 0. The molecule has 0 atom stereocenters. The third-order valence-corrected chi connectivity index (χ3v) is 5.09. The number of quaternary nitrogens is 1. The van der Waals surface area contributed by atoms with Gasteiger partial charge in [-0.05, 0) is 30.5 Å². The molecule has 1 fully saturated rings. The normalized spacial score (nSPS) is 15.5. The van der Waals surface area contributed by atoms with Crippen LogP contribution in [-0.2, 0) is 10.5 Å². The van der Waals surface area contributed by atoms with E-state index in [9.17, 15) is 9.59 Å². The smallest absolute Gasteiger partial charge is 0.251 e. The minimum Gasteiger partial charge on any atom is -0.356 e. The highest BCUT2D eigenvalue weighted by molar-refractivity contribution is 8.13. The molecule has 1 saturated carbocycles. The van der Waals surface area contributed by atoms with Gasteiger partial charge in [0.15, 0.2) is 5.12 Å². The summed E-state index contributed by atoms with van der Waals surface area (Å²) < 4.78 is 0. The van der Waals surface area contributed by atoms with Crippen molar-refractivity contribution in [3.63, 3.8) is 0 Å². The van der Waals surface area contributed by atoms with E-state index in [1.54, 1.807) is 0 Å². The van der Waals surface area contributed by atoms with Gasteiger partial charge in [0.25, 0.3) is 5.91 Å². The highest BCUT2D eigenvalue weighted by Crippen LogP contribution is 2.29. The van der Waals surface area contributed by atoms with Crippen molar-refractivity contribution >= 4 is 22.8 Å². The molecule has 1 aliphatic rings. The molecule has 1 aromatic rings. The minimum atomic E-state index is -0.0684. The van der Waals surface area contributed by atoms with Crippen LogP contribution in [0.25, 0.3) is 0 Å². The van der Waals surface area contributed by atoms with Crippen molar-refractivity contribution < 1.29 is 15.3 Å². The third kappa shape index (κ3) is 5.14. The Bertz CT molecular complexity index is 496. The summed E-state index contributed by atoms with van der Waals surface area (Å²) >= 11 is 1.42. The summed E-state index contributed by atoms with van der Waals surface area (Å²) in [5.41, 5.74) is 5.43. The lowest BCUT2D eigenvalue weighted by atomic mass is 9.90. The number of amides is 1. The summed E-state index contributed by atoms with van der Waals surface area (Å²) in [6.45, 7) is 1.27. The Balaban J connectivity index is 1.80. The molecule has 0 spiro atoms. The van der Waals surface area contributed by atoms with Crippen LogP contribution in [0.2, 0.25) is 0 Å². The Kier molecular flexibility index (Phi) is 6.93. The Morgan fingerprint density at radius 2 is 1.82 bits per heavy atom. The Labute approximate surface area is 136 Å². The molecular formula is C17H25N2O2S+. The first-order valence-electron chi connectivity index (χ1n) is 8.03. The van der Waals surface area contributed by atoms with Crippen LogP contribution in [0, 0.1) is 5.92 Å². The first-order chi connectivity index (χ1) is 10.7. The average molecular weight is 321 g/mol. The van der Waals surface area contributed by atoms with Gasteiger partial charge in [0.05, 0.1) is 13.1 Å². The highest BCUT2D eigenvalue weighted by atomic mass is 32.2. The van der Waals surface area contributed by atoms with Crippen molar-refractivity contribution in [2.24, 2.45) is 5.92 Å². The van der Waals surface area contributed by atoms with E-state index < -0.39 is 0 Å². The van der Waals surface area contributed by atoms with Gasteiger partial charge in [0, 0.05) is 17.2 Å². The number of carbonyl (C=O) groups is 2. The first-order valence-corrected chi connectivity index (χ1v) is 9.02. The van der Waals surface area contributed by atoms with E-state index >= 15 is 0 Å². The zero-order chi connectivity index (χ0) is 15.8. The standard InChI is InChI=1S/C17H24N2O2S/c18-10-11-19-16(20)14-8-6-13(7-9-14)12-22-17(21)15-4-2-1-3-5-15/h6-9,15H,1-5,10-12,18H2,(H,19,20)/p+1. The number of nitrogens with one attached hydrogen (secondary N) is 1. The molecule has 4 N–H and O–H groups in total. The number of benzene rings is 1. The van der Waals surface area contributed by atoms with Gasteiger partial charge in [-0.3, -0.25) is 9.59 Å². The van der Waals surface area contributed by atoms with E-state index in [0.29, 0.717) is 29.5 Å². The molecular weight excluding hydrogens is 296 g/mol. The molecule has 0 aliphatic heterocycles. The second-order valence-electron chi connectivity index (χ2n) is 5.75. The van der Waals surface area contributed by atoms with Crippen LogP contribution < -0.4 is 11.1 Å². The molecule has 22 heavy (non-hydrogen) atoms. The molecule has 0 heterocycles. The fraction of sp³-hybridized carbons (Fsp3) is 0.529. The van der Waals surface area contributed by atoms with Crippen molar-refractivity contribution in [2.75, 3.05) is 13.1 Å². The van der Waals surface area contributed by atoms with Crippen LogP contribution in [0.15, 0.2) is 24.3 Å². The van der Waals surface area contributed by atoms with E-state index in [4.69, 9.17) is 0 Å². The van der Waals surface area contributed by atoms with Crippen LogP contribution in [0.5, 0.6) is 0 Å². The molecule has 1 aliphatic carbocycles. The Hall–Kier alpha value is -1.33. The summed E-state index contributed by atoms with van der Waals surface area (Å²) in [5, 5.41) is 3.13. The zero-order valence-electron chi connectivity index (χ0n) is 13.0. The van der Waals surface area contributed by atoms with E-state index in [2.05, 4.69) is 11.1 Å². The van der Waals surface area contributed by atoms with Crippen molar-refractivity contribution in [3.05, 3.63) is 35.4 Å². The maximum absolute atomic E-state index is 12.2. The monoisotopic (exact) mass is 321 g/mol. The van der Waals surface area contributed by atoms with Crippen LogP contribution in [0.1, 0.15) is 48.0 Å². The van der Waals surface area contributed by atoms with Gasteiger partial charge in [0.1, 0.15) is 0 Å². The highest BCUT2D eigenvalue weighted by Gasteiger charge is 2.21. The number of hydrogen-bond acceptors (Lipinski definition) is 3. The van der Waals surface area contributed by atoms with Gasteiger partial charge in [-0.1, -0.05) is 43.2 Å².